The number of carbonyl (C=O) groups excluding carboxylic acids is 2. The van der Waals surface area contributed by atoms with Gasteiger partial charge in [-0.2, -0.15) is 0 Å². The lowest BCUT2D eigenvalue weighted by Crippen LogP contribution is -2.28. The van der Waals surface area contributed by atoms with E-state index in [1.165, 1.54) is 18.3 Å². The number of hydrogen-bond acceptors (Lipinski definition) is 4. The van der Waals surface area contributed by atoms with Crippen LogP contribution in [0.25, 0.3) is 0 Å². The standard InChI is InChI=1S/C16H15N3O4/c1-9(18-16(22)11-3-5-14(20)17-7-11)10-2-4-13-12(6-10)19-15(21)8-23-13/h2-7,9H,8H2,1H3,(H,17,20)(H,18,22)(H,19,21)/t9-/m0/s1. The van der Waals surface area contributed by atoms with E-state index in [4.69, 9.17) is 4.74 Å². The summed E-state index contributed by atoms with van der Waals surface area (Å²) in [5, 5.41) is 5.57. The van der Waals surface area contributed by atoms with E-state index in [1.807, 2.05) is 13.0 Å². The van der Waals surface area contributed by atoms with Crippen LogP contribution in [-0.4, -0.2) is 23.4 Å². The van der Waals surface area contributed by atoms with Crippen LogP contribution >= 0.6 is 0 Å². The number of nitrogens with one attached hydrogen (secondary N) is 3. The number of benzene rings is 1. The molecular weight excluding hydrogens is 298 g/mol. The molecule has 0 saturated carbocycles. The second kappa shape index (κ2) is 5.96. The average Bonchev–Trinajstić information content (AvgIpc) is 2.54. The first-order valence-corrected chi connectivity index (χ1v) is 7.09. The van der Waals surface area contributed by atoms with Gasteiger partial charge < -0.3 is 20.4 Å². The van der Waals surface area contributed by atoms with Gasteiger partial charge in [0, 0.05) is 12.3 Å². The second-order valence-corrected chi connectivity index (χ2v) is 5.23. The third-order valence-electron chi connectivity index (χ3n) is 3.53. The third kappa shape index (κ3) is 3.23. The van der Waals surface area contributed by atoms with E-state index in [1.54, 1.807) is 12.1 Å². The van der Waals surface area contributed by atoms with Gasteiger partial charge in [0.05, 0.1) is 17.3 Å². The summed E-state index contributed by atoms with van der Waals surface area (Å²) in [4.78, 5) is 37.0. The molecule has 118 valence electrons. The van der Waals surface area contributed by atoms with Gasteiger partial charge in [0.1, 0.15) is 5.75 Å². The largest absolute Gasteiger partial charge is 0.482 e. The lowest BCUT2D eigenvalue weighted by molar-refractivity contribution is -0.118. The van der Waals surface area contributed by atoms with Crippen molar-refractivity contribution in [1.82, 2.24) is 10.3 Å². The Balaban J connectivity index is 1.75. The Labute approximate surface area is 131 Å². The smallest absolute Gasteiger partial charge is 0.262 e. The molecule has 3 rings (SSSR count). The predicted octanol–water partition coefficient (Wildman–Crippen LogP) is 1.20. The Kier molecular flexibility index (Phi) is 3.84. The summed E-state index contributed by atoms with van der Waals surface area (Å²) in [6.07, 6.45) is 1.37. The highest BCUT2D eigenvalue weighted by atomic mass is 16.5. The van der Waals surface area contributed by atoms with E-state index >= 15 is 0 Å². The lowest BCUT2D eigenvalue weighted by Gasteiger charge is -2.21. The topological polar surface area (TPSA) is 100 Å². The molecule has 0 saturated heterocycles. The summed E-state index contributed by atoms with van der Waals surface area (Å²) in [6.45, 7) is 1.83. The maximum atomic E-state index is 12.2. The molecular formula is C16H15N3O4. The average molecular weight is 313 g/mol. The van der Waals surface area contributed by atoms with E-state index in [9.17, 15) is 14.4 Å². The first kappa shape index (κ1) is 14.8. The molecule has 1 aliphatic heterocycles. The Morgan fingerprint density at radius 1 is 1.26 bits per heavy atom. The van der Waals surface area contributed by atoms with Crippen LogP contribution in [0, 0.1) is 0 Å². The van der Waals surface area contributed by atoms with Crippen molar-refractivity contribution >= 4 is 17.5 Å². The van der Waals surface area contributed by atoms with Gasteiger partial charge in [-0.3, -0.25) is 14.4 Å². The Morgan fingerprint density at radius 2 is 2.09 bits per heavy atom. The first-order valence-electron chi connectivity index (χ1n) is 7.09. The molecule has 1 aromatic heterocycles. The number of H-pyrrole nitrogens is 1. The number of pyridine rings is 1. The molecule has 0 spiro atoms. The number of aromatic nitrogens is 1. The zero-order chi connectivity index (χ0) is 16.4. The molecule has 1 aliphatic rings. The van der Waals surface area contributed by atoms with Crippen LogP contribution in [0.3, 0.4) is 0 Å². The predicted molar refractivity (Wildman–Crippen MR) is 83.5 cm³/mol. The van der Waals surface area contributed by atoms with Crippen molar-refractivity contribution in [1.29, 1.82) is 0 Å². The minimum absolute atomic E-state index is 0.00481. The summed E-state index contributed by atoms with van der Waals surface area (Å²) in [5.74, 6) is 0.0962. The van der Waals surface area contributed by atoms with Gasteiger partial charge in [0.25, 0.3) is 11.8 Å². The van der Waals surface area contributed by atoms with Crippen LogP contribution in [0.5, 0.6) is 5.75 Å². The first-order chi connectivity index (χ1) is 11.0. The highest BCUT2D eigenvalue weighted by Crippen LogP contribution is 2.30. The lowest BCUT2D eigenvalue weighted by atomic mass is 10.1. The van der Waals surface area contributed by atoms with Crippen molar-refractivity contribution in [3.63, 3.8) is 0 Å². The number of rotatable bonds is 3. The number of ether oxygens (including phenoxy) is 1. The fourth-order valence-corrected chi connectivity index (χ4v) is 2.29. The Morgan fingerprint density at radius 3 is 2.83 bits per heavy atom. The molecule has 0 bridgehead atoms. The molecule has 3 N–H and O–H groups in total. The maximum absolute atomic E-state index is 12.2. The minimum atomic E-state index is -0.299. The van der Waals surface area contributed by atoms with Gasteiger partial charge >= 0.3 is 0 Å². The third-order valence-corrected chi connectivity index (χ3v) is 3.53. The van der Waals surface area contributed by atoms with Crippen molar-refractivity contribution in [3.05, 3.63) is 58.0 Å². The number of anilines is 1. The van der Waals surface area contributed by atoms with E-state index < -0.39 is 0 Å². The monoisotopic (exact) mass is 313 g/mol. The van der Waals surface area contributed by atoms with Gasteiger partial charge in [0.15, 0.2) is 6.61 Å². The molecule has 1 atom stereocenters. The van der Waals surface area contributed by atoms with Crippen LogP contribution < -0.4 is 20.9 Å². The summed E-state index contributed by atoms with van der Waals surface area (Å²) in [6, 6.07) is 7.83. The SMILES string of the molecule is C[C@H](NC(=O)c1ccc(=O)[nH]c1)c1ccc2c(c1)NC(=O)CO2. The van der Waals surface area contributed by atoms with Crippen molar-refractivity contribution < 1.29 is 14.3 Å². The van der Waals surface area contributed by atoms with Gasteiger partial charge in [-0.05, 0) is 30.7 Å². The summed E-state index contributed by atoms with van der Waals surface area (Å²) < 4.78 is 5.30. The van der Waals surface area contributed by atoms with Gasteiger partial charge in [-0.1, -0.05) is 6.07 Å². The Bertz CT molecular complexity index is 808. The normalized spacial score (nSPS) is 14.2. The van der Waals surface area contributed by atoms with Crippen molar-refractivity contribution in [2.75, 3.05) is 11.9 Å². The highest BCUT2D eigenvalue weighted by molar-refractivity contribution is 5.96. The zero-order valence-corrected chi connectivity index (χ0v) is 12.4. The molecule has 0 aliphatic carbocycles. The molecule has 7 nitrogen and oxygen atoms in total. The van der Waals surface area contributed by atoms with Crippen LogP contribution in [0.4, 0.5) is 5.69 Å². The van der Waals surface area contributed by atoms with Crippen LogP contribution in [0.1, 0.15) is 28.9 Å². The number of carbonyl (C=O) groups is 2. The van der Waals surface area contributed by atoms with Gasteiger partial charge in [-0.25, -0.2) is 0 Å². The van der Waals surface area contributed by atoms with Crippen LogP contribution in [0.2, 0.25) is 0 Å². The molecule has 2 aromatic rings. The molecule has 23 heavy (non-hydrogen) atoms. The molecule has 0 unspecified atom stereocenters. The fraction of sp³-hybridized carbons (Fsp3) is 0.188. The molecule has 1 aromatic carbocycles. The summed E-state index contributed by atoms with van der Waals surface area (Å²) >= 11 is 0. The summed E-state index contributed by atoms with van der Waals surface area (Å²) in [5.41, 5.74) is 1.52. The minimum Gasteiger partial charge on any atom is -0.482 e. The Hall–Kier alpha value is -3.09. The maximum Gasteiger partial charge on any atom is 0.262 e. The molecule has 2 heterocycles. The quantitative estimate of drug-likeness (QED) is 0.792. The number of aromatic amines is 1. The molecule has 0 fully saturated rings. The van der Waals surface area contributed by atoms with Gasteiger partial charge in [-0.15, -0.1) is 0 Å². The zero-order valence-electron chi connectivity index (χ0n) is 12.4. The second-order valence-electron chi connectivity index (χ2n) is 5.23. The molecule has 7 heteroatoms. The number of fused-ring (bicyclic) bond motifs is 1. The number of amides is 2. The summed E-state index contributed by atoms with van der Waals surface area (Å²) in [7, 11) is 0. The van der Waals surface area contributed by atoms with Crippen molar-refractivity contribution in [2.45, 2.75) is 13.0 Å². The van der Waals surface area contributed by atoms with E-state index in [0.717, 1.165) is 5.56 Å². The van der Waals surface area contributed by atoms with Crippen molar-refractivity contribution in [2.24, 2.45) is 0 Å². The highest BCUT2D eigenvalue weighted by Gasteiger charge is 2.18. The van der Waals surface area contributed by atoms with Crippen molar-refractivity contribution in [3.8, 4) is 5.75 Å². The van der Waals surface area contributed by atoms with E-state index in [2.05, 4.69) is 15.6 Å². The molecule has 0 radical (unpaired) electrons. The number of hydrogen-bond donors (Lipinski definition) is 3. The van der Waals surface area contributed by atoms with E-state index in [-0.39, 0.29) is 30.0 Å². The van der Waals surface area contributed by atoms with Crippen LogP contribution in [-0.2, 0) is 4.79 Å². The van der Waals surface area contributed by atoms with E-state index in [0.29, 0.717) is 17.0 Å². The van der Waals surface area contributed by atoms with Crippen LogP contribution in [0.15, 0.2) is 41.3 Å². The van der Waals surface area contributed by atoms with Gasteiger partial charge in [0.2, 0.25) is 5.56 Å². The fourth-order valence-electron chi connectivity index (χ4n) is 2.29. The molecule has 2 amide bonds.